The van der Waals surface area contributed by atoms with Crippen LogP contribution in [-0.4, -0.2) is 18.1 Å². The minimum absolute atomic E-state index is 0. The number of carbonyl (C=O) groups excluding carboxylic acids is 1. The van der Waals surface area contributed by atoms with Gasteiger partial charge in [0.05, 0.1) is 6.42 Å². The van der Waals surface area contributed by atoms with Crippen molar-refractivity contribution in [2.75, 3.05) is 5.32 Å². The van der Waals surface area contributed by atoms with E-state index in [2.05, 4.69) is 5.32 Å². The van der Waals surface area contributed by atoms with Gasteiger partial charge >= 0.3 is 6.18 Å². The summed E-state index contributed by atoms with van der Waals surface area (Å²) in [6, 6.07) is 6.20. The van der Waals surface area contributed by atoms with Crippen molar-refractivity contribution in [2.45, 2.75) is 50.7 Å². The van der Waals surface area contributed by atoms with Crippen LogP contribution in [0, 0.1) is 17.8 Å². The van der Waals surface area contributed by atoms with Crippen LogP contribution in [0.3, 0.4) is 0 Å². The zero-order chi connectivity index (χ0) is 17.3. The number of halogens is 4. The maximum atomic E-state index is 12.5. The molecule has 1 aromatic rings. The molecule has 0 saturated heterocycles. The van der Waals surface area contributed by atoms with E-state index >= 15 is 0 Å². The monoisotopic (exact) mass is 376 g/mol. The fraction of sp³-hybridized carbons (Fsp3) is 0.611. The Bertz CT molecular complexity index is 594. The third-order valence-electron chi connectivity index (χ3n) is 5.38. The van der Waals surface area contributed by atoms with Gasteiger partial charge in [-0.3, -0.25) is 4.79 Å². The fourth-order valence-corrected chi connectivity index (χ4v) is 4.24. The van der Waals surface area contributed by atoms with Gasteiger partial charge in [0.2, 0.25) is 5.91 Å². The van der Waals surface area contributed by atoms with Crippen LogP contribution in [0.25, 0.3) is 0 Å². The van der Waals surface area contributed by atoms with Gasteiger partial charge in [-0.2, -0.15) is 13.2 Å². The summed E-state index contributed by atoms with van der Waals surface area (Å²) in [7, 11) is 0. The van der Waals surface area contributed by atoms with Crippen molar-refractivity contribution < 1.29 is 18.0 Å². The van der Waals surface area contributed by atoms with Crippen molar-refractivity contribution in [3.8, 4) is 0 Å². The number of anilines is 1. The maximum Gasteiger partial charge on any atom is 0.393 e. The van der Waals surface area contributed by atoms with Crippen LogP contribution in [0.1, 0.15) is 37.7 Å². The topological polar surface area (TPSA) is 55.1 Å². The molecule has 3 nitrogen and oxygen atoms in total. The summed E-state index contributed by atoms with van der Waals surface area (Å²) in [5, 5.41) is 2.79. The molecule has 2 aliphatic rings. The van der Waals surface area contributed by atoms with Crippen molar-refractivity contribution >= 4 is 24.0 Å². The van der Waals surface area contributed by atoms with Crippen LogP contribution >= 0.6 is 12.4 Å². The van der Waals surface area contributed by atoms with E-state index in [9.17, 15) is 18.0 Å². The maximum absolute atomic E-state index is 12.5. The Morgan fingerprint density at radius 2 is 1.84 bits per heavy atom. The Hall–Kier alpha value is -1.27. The van der Waals surface area contributed by atoms with Crippen LogP contribution in [0.4, 0.5) is 18.9 Å². The number of hydrogen-bond donors (Lipinski definition) is 2. The molecule has 0 aromatic heterocycles. The first-order chi connectivity index (χ1) is 11.3. The third-order valence-corrected chi connectivity index (χ3v) is 5.38. The predicted molar refractivity (Wildman–Crippen MR) is 93.6 cm³/mol. The van der Waals surface area contributed by atoms with Crippen molar-refractivity contribution in [2.24, 2.45) is 23.5 Å². The molecule has 25 heavy (non-hydrogen) atoms. The summed E-state index contributed by atoms with van der Waals surface area (Å²) in [6.07, 6.45) is -0.349. The van der Waals surface area contributed by atoms with E-state index in [1.165, 1.54) is 18.6 Å². The Kier molecular flexibility index (Phi) is 6.38. The van der Waals surface area contributed by atoms with E-state index < -0.39 is 12.6 Å². The van der Waals surface area contributed by atoms with Gasteiger partial charge in [-0.25, -0.2) is 0 Å². The second-order valence-corrected chi connectivity index (χ2v) is 7.18. The van der Waals surface area contributed by atoms with Crippen LogP contribution in [0.15, 0.2) is 24.3 Å². The number of nitrogens with one attached hydrogen (secondary N) is 1. The van der Waals surface area contributed by atoms with Gasteiger partial charge in [-0.15, -0.1) is 12.4 Å². The largest absolute Gasteiger partial charge is 0.393 e. The number of nitrogens with two attached hydrogens (primary N) is 1. The highest BCUT2D eigenvalue weighted by molar-refractivity contribution is 5.92. The lowest BCUT2D eigenvalue weighted by atomic mass is 9.65. The van der Waals surface area contributed by atoms with Crippen LogP contribution in [0.2, 0.25) is 0 Å². The van der Waals surface area contributed by atoms with E-state index in [1.807, 2.05) is 0 Å². The molecule has 0 spiro atoms. The molecule has 7 heteroatoms. The van der Waals surface area contributed by atoms with Crippen molar-refractivity contribution in [3.63, 3.8) is 0 Å². The average molecular weight is 377 g/mol. The zero-order valence-corrected chi connectivity index (χ0v) is 14.7. The molecule has 3 rings (SSSR count). The van der Waals surface area contributed by atoms with Crippen molar-refractivity contribution in [1.82, 2.24) is 0 Å². The minimum atomic E-state index is -4.25. The Morgan fingerprint density at radius 1 is 1.20 bits per heavy atom. The molecule has 2 bridgehead atoms. The average Bonchev–Trinajstić information content (AvgIpc) is 2.45. The molecular weight excluding hydrogens is 353 g/mol. The normalized spacial score (nSPS) is 28.8. The Labute approximate surface area is 152 Å². The van der Waals surface area contributed by atoms with Crippen molar-refractivity contribution in [3.05, 3.63) is 29.8 Å². The number of alkyl halides is 3. The number of rotatable bonds is 3. The SMILES string of the molecule is Cl.NC1C2CCCC1CC(C(=O)Nc1cccc(CC(F)(F)F)c1)C2. The molecule has 1 amide bonds. The standard InChI is InChI=1S/C18H23F3N2O.ClH/c19-18(20,21)10-11-3-1-6-15(7-11)23-17(24)14-8-12-4-2-5-13(9-14)16(12)22;/h1,3,6-7,12-14,16H,2,4-5,8-10,22H2,(H,23,24);1H. The summed E-state index contributed by atoms with van der Waals surface area (Å²) in [6.45, 7) is 0. The minimum Gasteiger partial charge on any atom is -0.327 e. The lowest BCUT2D eigenvalue weighted by molar-refractivity contribution is -0.127. The summed E-state index contributed by atoms with van der Waals surface area (Å²) in [5.41, 5.74) is 6.83. The highest BCUT2D eigenvalue weighted by Crippen LogP contribution is 2.42. The molecule has 2 aliphatic carbocycles. The summed E-state index contributed by atoms with van der Waals surface area (Å²) in [5.74, 6) is 0.601. The van der Waals surface area contributed by atoms with Gasteiger partial charge in [0.25, 0.3) is 0 Å². The van der Waals surface area contributed by atoms with Crippen LogP contribution in [0.5, 0.6) is 0 Å². The van der Waals surface area contributed by atoms with Gasteiger partial charge in [-0.05, 0) is 55.2 Å². The quantitative estimate of drug-likeness (QED) is 0.826. The second-order valence-electron chi connectivity index (χ2n) is 7.18. The van der Waals surface area contributed by atoms with Gasteiger partial charge < -0.3 is 11.1 Å². The number of fused-ring (bicyclic) bond motifs is 2. The molecule has 0 aliphatic heterocycles. The first-order valence-electron chi connectivity index (χ1n) is 8.54. The number of benzene rings is 1. The Morgan fingerprint density at radius 3 is 2.44 bits per heavy atom. The van der Waals surface area contributed by atoms with E-state index in [4.69, 9.17) is 5.73 Å². The van der Waals surface area contributed by atoms with Gasteiger partial charge in [0.15, 0.2) is 0 Å². The smallest absolute Gasteiger partial charge is 0.327 e. The number of carbonyl (C=O) groups is 1. The molecule has 0 radical (unpaired) electrons. The van der Waals surface area contributed by atoms with Gasteiger partial charge in [0.1, 0.15) is 0 Å². The summed E-state index contributed by atoms with van der Waals surface area (Å²) < 4.78 is 37.5. The molecule has 2 unspecified atom stereocenters. The van der Waals surface area contributed by atoms with Crippen molar-refractivity contribution in [1.29, 1.82) is 0 Å². The van der Waals surface area contributed by atoms with Crippen LogP contribution in [-0.2, 0) is 11.2 Å². The van der Waals surface area contributed by atoms with E-state index in [0.717, 1.165) is 25.7 Å². The van der Waals surface area contributed by atoms with E-state index in [0.29, 0.717) is 17.5 Å². The first-order valence-corrected chi connectivity index (χ1v) is 8.54. The number of amides is 1. The molecule has 0 heterocycles. The van der Waals surface area contributed by atoms with E-state index in [1.54, 1.807) is 12.1 Å². The molecule has 2 fully saturated rings. The first kappa shape index (κ1) is 20.0. The Balaban J connectivity index is 0.00000225. The van der Waals surface area contributed by atoms with Gasteiger partial charge in [0, 0.05) is 17.6 Å². The zero-order valence-electron chi connectivity index (χ0n) is 13.9. The molecule has 2 atom stereocenters. The van der Waals surface area contributed by atoms with E-state index in [-0.39, 0.29) is 35.8 Å². The summed E-state index contributed by atoms with van der Waals surface area (Å²) in [4.78, 5) is 12.5. The number of hydrogen-bond acceptors (Lipinski definition) is 2. The van der Waals surface area contributed by atoms with Crippen LogP contribution < -0.4 is 11.1 Å². The third kappa shape index (κ3) is 5.11. The second kappa shape index (κ2) is 7.96. The molecule has 3 N–H and O–H groups in total. The molecule has 1 aromatic carbocycles. The highest BCUT2D eigenvalue weighted by Gasteiger charge is 2.40. The summed E-state index contributed by atoms with van der Waals surface area (Å²) >= 11 is 0. The highest BCUT2D eigenvalue weighted by atomic mass is 35.5. The molecular formula is C18H24ClF3N2O. The lowest BCUT2D eigenvalue weighted by Gasteiger charge is -2.43. The fourth-order valence-electron chi connectivity index (χ4n) is 4.24. The lowest BCUT2D eigenvalue weighted by Crippen LogP contribution is -2.48. The molecule has 140 valence electrons. The molecule has 2 saturated carbocycles. The predicted octanol–water partition coefficient (Wildman–Crippen LogP) is 4.31. The van der Waals surface area contributed by atoms with Gasteiger partial charge in [-0.1, -0.05) is 18.6 Å².